The fourth-order valence-electron chi connectivity index (χ4n) is 2.79. The summed E-state index contributed by atoms with van der Waals surface area (Å²) in [6, 6.07) is 6.42. The van der Waals surface area contributed by atoms with E-state index in [9.17, 15) is 0 Å². The van der Waals surface area contributed by atoms with Crippen LogP contribution >= 0.6 is 0 Å². The van der Waals surface area contributed by atoms with Crippen LogP contribution in [0, 0.1) is 6.92 Å². The van der Waals surface area contributed by atoms with E-state index in [1.54, 1.807) is 7.11 Å². The van der Waals surface area contributed by atoms with Gasteiger partial charge in [0.1, 0.15) is 5.75 Å². The van der Waals surface area contributed by atoms with Gasteiger partial charge in [-0.05, 0) is 26.3 Å². The summed E-state index contributed by atoms with van der Waals surface area (Å²) in [5.74, 6) is 1.00. The summed E-state index contributed by atoms with van der Waals surface area (Å²) in [5, 5.41) is 3.63. The highest BCUT2D eigenvalue weighted by Crippen LogP contribution is 2.23. The second-order valence-electron chi connectivity index (χ2n) is 5.87. The number of ether oxygens (including phenoxy) is 1. The minimum atomic E-state index is 0.245. The molecule has 0 saturated carbocycles. The van der Waals surface area contributed by atoms with E-state index in [4.69, 9.17) is 4.74 Å². The van der Waals surface area contributed by atoms with Gasteiger partial charge < -0.3 is 10.1 Å². The van der Waals surface area contributed by atoms with Crippen molar-refractivity contribution >= 4 is 0 Å². The molecule has 1 fully saturated rings. The van der Waals surface area contributed by atoms with Crippen molar-refractivity contribution in [3.05, 3.63) is 29.3 Å². The molecule has 1 aliphatic heterocycles. The summed E-state index contributed by atoms with van der Waals surface area (Å²) in [4.78, 5) is 2.53. The highest BCUT2D eigenvalue weighted by Gasteiger charge is 2.28. The van der Waals surface area contributed by atoms with Crippen LogP contribution in [0.1, 0.15) is 31.4 Å². The molecular weight excluding hydrogens is 236 g/mol. The molecule has 0 amide bonds. The highest BCUT2D eigenvalue weighted by atomic mass is 16.5. The fraction of sp³-hybridized carbons (Fsp3) is 0.625. The lowest BCUT2D eigenvalue weighted by Crippen LogP contribution is -2.58. The standard InChI is InChI=1S/C16H26N2O/c1-5-16(3)12-18(9-8-17-16)11-14-10-13(2)6-7-15(14)19-4/h6-7,10,17H,5,8-9,11-12H2,1-4H3. The summed E-state index contributed by atoms with van der Waals surface area (Å²) in [6.45, 7) is 10.9. The first kappa shape index (κ1) is 14.4. The summed E-state index contributed by atoms with van der Waals surface area (Å²) >= 11 is 0. The Balaban J connectivity index is 2.10. The predicted octanol–water partition coefficient (Wildman–Crippen LogP) is 2.58. The van der Waals surface area contributed by atoms with Gasteiger partial charge in [0.25, 0.3) is 0 Å². The van der Waals surface area contributed by atoms with Crippen molar-refractivity contribution in [2.75, 3.05) is 26.7 Å². The monoisotopic (exact) mass is 262 g/mol. The van der Waals surface area contributed by atoms with Gasteiger partial charge in [-0.25, -0.2) is 0 Å². The van der Waals surface area contributed by atoms with Crippen LogP contribution < -0.4 is 10.1 Å². The third kappa shape index (κ3) is 3.48. The average Bonchev–Trinajstić information content (AvgIpc) is 2.39. The van der Waals surface area contributed by atoms with E-state index in [1.165, 1.54) is 11.1 Å². The van der Waals surface area contributed by atoms with Crippen LogP contribution in [-0.4, -0.2) is 37.2 Å². The smallest absolute Gasteiger partial charge is 0.123 e. The van der Waals surface area contributed by atoms with Crippen molar-refractivity contribution in [1.29, 1.82) is 0 Å². The van der Waals surface area contributed by atoms with E-state index in [-0.39, 0.29) is 5.54 Å². The number of hydrogen-bond acceptors (Lipinski definition) is 3. The minimum absolute atomic E-state index is 0.245. The predicted molar refractivity (Wildman–Crippen MR) is 79.7 cm³/mol. The second-order valence-corrected chi connectivity index (χ2v) is 5.87. The number of methoxy groups -OCH3 is 1. The van der Waals surface area contributed by atoms with Crippen LogP contribution in [0.4, 0.5) is 0 Å². The zero-order valence-corrected chi connectivity index (χ0v) is 12.6. The minimum Gasteiger partial charge on any atom is -0.496 e. The molecule has 1 aromatic rings. The molecule has 0 bridgehead atoms. The van der Waals surface area contributed by atoms with Crippen LogP contribution in [0.25, 0.3) is 0 Å². The van der Waals surface area contributed by atoms with Crippen LogP contribution in [0.15, 0.2) is 18.2 Å². The number of piperazine rings is 1. The second kappa shape index (κ2) is 5.93. The average molecular weight is 262 g/mol. The highest BCUT2D eigenvalue weighted by molar-refractivity contribution is 5.36. The van der Waals surface area contributed by atoms with Crippen LogP contribution in [0.2, 0.25) is 0 Å². The first-order valence-electron chi connectivity index (χ1n) is 7.17. The molecule has 1 heterocycles. The van der Waals surface area contributed by atoms with Crippen molar-refractivity contribution in [2.45, 2.75) is 39.3 Å². The molecule has 19 heavy (non-hydrogen) atoms. The van der Waals surface area contributed by atoms with Gasteiger partial charge in [0.15, 0.2) is 0 Å². The molecule has 1 N–H and O–H groups in total. The largest absolute Gasteiger partial charge is 0.496 e. The third-order valence-electron chi connectivity index (χ3n) is 4.16. The van der Waals surface area contributed by atoms with Gasteiger partial charge in [0.2, 0.25) is 0 Å². The molecule has 2 rings (SSSR count). The van der Waals surface area contributed by atoms with Crippen molar-refractivity contribution in [2.24, 2.45) is 0 Å². The maximum Gasteiger partial charge on any atom is 0.123 e. The first-order chi connectivity index (χ1) is 9.06. The molecule has 3 nitrogen and oxygen atoms in total. The van der Waals surface area contributed by atoms with Crippen molar-refractivity contribution in [3.63, 3.8) is 0 Å². The van der Waals surface area contributed by atoms with Crippen LogP contribution in [0.5, 0.6) is 5.75 Å². The molecule has 106 valence electrons. The summed E-state index contributed by atoms with van der Waals surface area (Å²) < 4.78 is 5.48. The van der Waals surface area contributed by atoms with Crippen LogP contribution in [0.3, 0.4) is 0 Å². The first-order valence-corrected chi connectivity index (χ1v) is 7.17. The summed E-state index contributed by atoms with van der Waals surface area (Å²) in [6.07, 6.45) is 1.16. The molecule has 3 heteroatoms. The maximum absolute atomic E-state index is 5.48. The lowest BCUT2D eigenvalue weighted by Gasteiger charge is -2.41. The van der Waals surface area contributed by atoms with E-state index < -0.39 is 0 Å². The van der Waals surface area contributed by atoms with Gasteiger partial charge in [0, 0.05) is 37.3 Å². The third-order valence-corrected chi connectivity index (χ3v) is 4.16. The summed E-state index contributed by atoms with van der Waals surface area (Å²) in [7, 11) is 1.75. The molecule has 0 aliphatic carbocycles. The lowest BCUT2D eigenvalue weighted by molar-refractivity contribution is 0.132. The van der Waals surface area contributed by atoms with E-state index in [2.05, 4.69) is 49.2 Å². The van der Waals surface area contributed by atoms with E-state index >= 15 is 0 Å². The van der Waals surface area contributed by atoms with E-state index in [1.807, 2.05) is 0 Å². The van der Waals surface area contributed by atoms with E-state index in [0.29, 0.717) is 0 Å². The van der Waals surface area contributed by atoms with Crippen molar-refractivity contribution < 1.29 is 4.74 Å². The van der Waals surface area contributed by atoms with Crippen molar-refractivity contribution in [1.82, 2.24) is 10.2 Å². The number of nitrogens with one attached hydrogen (secondary N) is 1. The molecule has 1 atom stereocenters. The molecule has 0 aromatic heterocycles. The number of benzene rings is 1. The van der Waals surface area contributed by atoms with Gasteiger partial charge in [-0.3, -0.25) is 4.90 Å². The zero-order valence-electron chi connectivity index (χ0n) is 12.6. The Bertz CT molecular complexity index is 433. The molecular formula is C16H26N2O. The Morgan fingerprint density at radius 2 is 2.21 bits per heavy atom. The van der Waals surface area contributed by atoms with Gasteiger partial charge in [-0.15, -0.1) is 0 Å². The molecule has 0 radical (unpaired) electrons. The lowest BCUT2D eigenvalue weighted by atomic mass is 9.95. The Morgan fingerprint density at radius 3 is 2.89 bits per heavy atom. The topological polar surface area (TPSA) is 24.5 Å². The molecule has 1 saturated heterocycles. The molecule has 1 aliphatic rings. The van der Waals surface area contributed by atoms with Gasteiger partial charge in [-0.1, -0.05) is 24.6 Å². The van der Waals surface area contributed by atoms with Crippen LogP contribution in [-0.2, 0) is 6.54 Å². The number of hydrogen-bond donors (Lipinski definition) is 1. The Labute approximate surface area is 116 Å². The summed E-state index contributed by atoms with van der Waals surface area (Å²) in [5.41, 5.74) is 2.84. The van der Waals surface area contributed by atoms with Gasteiger partial charge in [-0.2, -0.15) is 0 Å². The maximum atomic E-state index is 5.48. The number of nitrogens with zero attached hydrogens (tertiary/aromatic N) is 1. The van der Waals surface area contributed by atoms with Gasteiger partial charge in [0.05, 0.1) is 7.11 Å². The molecule has 1 aromatic carbocycles. The van der Waals surface area contributed by atoms with Gasteiger partial charge >= 0.3 is 0 Å². The fourth-order valence-corrected chi connectivity index (χ4v) is 2.79. The SMILES string of the molecule is CCC1(C)CN(Cc2cc(C)ccc2OC)CCN1. The Hall–Kier alpha value is -1.06. The van der Waals surface area contributed by atoms with Crippen molar-refractivity contribution in [3.8, 4) is 5.75 Å². The normalized spacial score (nSPS) is 24.4. The Kier molecular flexibility index (Phi) is 4.48. The number of rotatable bonds is 4. The molecule has 1 unspecified atom stereocenters. The quantitative estimate of drug-likeness (QED) is 0.902. The molecule has 0 spiro atoms. The zero-order chi connectivity index (χ0) is 13.9. The van der Waals surface area contributed by atoms with E-state index in [0.717, 1.165) is 38.3 Å². The number of aryl methyl sites for hydroxylation is 1. The Morgan fingerprint density at radius 1 is 1.42 bits per heavy atom.